The van der Waals surface area contributed by atoms with Crippen LogP contribution in [0.25, 0.3) is 0 Å². The summed E-state index contributed by atoms with van der Waals surface area (Å²) in [5, 5.41) is 0.103. The standard InChI is InChI=1S/C12H11ClFN3O/c1-17(7-10-15-5-6-16-10)12(18)11-8(13)3-2-4-9(11)14/h2-6H,7H2,1H3,(H,15,16). The van der Waals surface area contributed by atoms with Gasteiger partial charge in [-0.15, -0.1) is 0 Å². The van der Waals surface area contributed by atoms with Gasteiger partial charge in [-0.1, -0.05) is 17.7 Å². The topological polar surface area (TPSA) is 49.0 Å². The van der Waals surface area contributed by atoms with Gasteiger partial charge in [0.15, 0.2) is 0 Å². The van der Waals surface area contributed by atoms with Gasteiger partial charge in [-0.25, -0.2) is 9.37 Å². The number of hydrogen-bond donors (Lipinski definition) is 1. The first-order valence-electron chi connectivity index (χ1n) is 5.27. The van der Waals surface area contributed by atoms with E-state index in [-0.39, 0.29) is 17.1 Å². The Morgan fingerprint density at radius 3 is 2.94 bits per heavy atom. The number of nitrogens with zero attached hydrogens (tertiary/aromatic N) is 2. The molecule has 0 unspecified atom stereocenters. The summed E-state index contributed by atoms with van der Waals surface area (Å²) in [6.45, 7) is 0.260. The van der Waals surface area contributed by atoms with Gasteiger partial charge >= 0.3 is 0 Å². The molecule has 1 heterocycles. The first kappa shape index (κ1) is 12.6. The zero-order chi connectivity index (χ0) is 13.1. The molecular weight excluding hydrogens is 257 g/mol. The molecule has 0 fully saturated rings. The molecule has 1 aromatic heterocycles. The van der Waals surface area contributed by atoms with E-state index in [0.717, 1.165) is 0 Å². The van der Waals surface area contributed by atoms with Crippen LogP contribution in [-0.2, 0) is 6.54 Å². The van der Waals surface area contributed by atoms with E-state index in [4.69, 9.17) is 11.6 Å². The summed E-state index contributed by atoms with van der Waals surface area (Å²) in [7, 11) is 1.56. The number of aromatic nitrogens is 2. The minimum absolute atomic E-state index is 0.103. The van der Waals surface area contributed by atoms with Crippen LogP contribution in [-0.4, -0.2) is 27.8 Å². The van der Waals surface area contributed by atoms with E-state index in [1.165, 1.54) is 23.1 Å². The van der Waals surface area contributed by atoms with E-state index < -0.39 is 11.7 Å². The van der Waals surface area contributed by atoms with Gasteiger partial charge in [0.25, 0.3) is 5.91 Å². The monoisotopic (exact) mass is 267 g/mol. The van der Waals surface area contributed by atoms with Crippen LogP contribution in [0.5, 0.6) is 0 Å². The molecule has 0 aliphatic heterocycles. The molecule has 0 radical (unpaired) electrons. The van der Waals surface area contributed by atoms with E-state index in [1.807, 2.05) is 0 Å². The van der Waals surface area contributed by atoms with Crippen LogP contribution in [0.15, 0.2) is 30.6 Å². The number of imidazole rings is 1. The number of rotatable bonds is 3. The quantitative estimate of drug-likeness (QED) is 0.929. The highest BCUT2D eigenvalue weighted by Gasteiger charge is 2.19. The lowest BCUT2D eigenvalue weighted by Gasteiger charge is -2.16. The average molecular weight is 268 g/mol. The molecule has 6 heteroatoms. The Morgan fingerprint density at radius 1 is 1.56 bits per heavy atom. The molecule has 0 aliphatic carbocycles. The first-order valence-corrected chi connectivity index (χ1v) is 5.65. The third-order valence-corrected chi connectivity index (χ3v) is 2.78. The maximum Gasteiger partial charge on any atom is 0.258 e. The molecule has 4 nitrogen and oxygen atoms in total. The van der Waals surface area contributed by atoms with Gasteiger partial charge < -0.3 is 9.88 Å². The van der Waals surface area contributed by atoms with Crippen LogP contribution < -0.4 is 0 Å². The minimum atomic E-state index is -0.626. The van der Waals surface area contributed by atoms with Crippen molar-refractivity contribution >= 4 is 17.5 Å². The van der Waals surface area contributed by atoms with Crippen molar-refractivity contribution < 1.29 is 9.18 Å². The number of nitrogens with one attached hydrogen (secondary N) is 1. The minimum Gasteiger partial charge on any atom is -0.347 e. The molecule has 2 rings (SSSR count). The Balaban J connectivity index is 2.21. The molecule has 0 aliphatic rings. The molecule has 1 N–H and O–H groups in total. The van der Waals surface area contributed by atoms with Gasteiger partial charge in [0, 0.05) is 19.4 Å². The summed E-state index contributed by atoms with van der Waals surface area (Å²) in [5.74, 6) is -0.480. The first-order chi connectivity index (χ1) is 8.59. The van der Waals surface area contributed by atoms with Gasteiger partial charge in [-0.05, 0) is 12.1 Å². The number of amides is 1. The third-order valence-electron chi connectivity index (χ3n) is 2.47. The van der Waals surface area contributed by atoms with Gasteiger partial charge in [-0.2, -0.15) is 0 Å². The fourth-order valence-electron chi connectivity index (χ4n) is 1.57. The van der Waals surface area contributed by atoms with Crippen molar-refractivity contribution in [1.82, 2.24) is 14.9 Å². The van der Waals surface area contributed by atoms with Crippen LogP contribution in [0.2, 0.25) is 5.02 Å². The maximum absolute atomic E-state index is 13.6. The molecule has 18 heavy (non-hydrogen) atoms. The smallest absolute Gasteiger partial charge is 0.258 e. The summed E-state index contributed by atoms with van der Waals surface area (Å²) in [6, 6.07) is 4.15. The molecule has 0 saturated carbocycles. The van der Waals surface area contributed by atoms with Crippen LogP contribution in [0.1, 0.15) is 16.2 Å². The molecule has 0 saturated heterocycles. The zero-order valence-corrected chi connectivity index (χ0v) is 10.4. The van der Waals surface area contributed by atoms with E-state index in [1.54, 1.807) is 19.4 Å². The Morgan fingerprint density at radius 2 is 2.33 bits per heavy atom. The van der Waals surface area contributed by atoms with Gasteiger partial charge in [0.1, 0.15) is 11.6 Å². The Bertz CT molecular complexity index is 536. The molecule has 94 valence electrons. The highest BCUT2D eigenvalue weighted by Crippen LogP contribution is 2.20. The summed E-state index contributed by atoms with van der Waals surface area (Å²) in [4.78, 5) is 20.3. The number of H-pyrrole nitrogens is 1. The SMILES string of the molecule is CN(Cc1ncc[nH]1)C(=O)c1c(F)cccc1Cl. The lowest BCUT2D eigenvalue weighted by molar-refractivity contribution is 0.0777. The zero-order valence-electron chi connectivity index (χ0n) is 9.65. The van der Waals surface area contributed by atoms with Crippen LogP contribution in [0, 0.1) is 5.82 Å². The normalized spacial score (nSPS) is 10.4. The second-order valence-electron chi connectivity index (χ2n) is 3.79. The number of hydrogen-bond acceptors (Lipinski definition) is 2. The Hall–Kier alpha value is -1.88. The van der Waals surface area contributed by atoms with Crippen molar-refractivity contribution in [3.63, 3.8) is 0 Å². The van der Waals surface area contributed by atoms with Crippen molar-refractivity contribution in [2.75, 3.05) is 7.05 Å². The molecular formula is C12H11ClFN3O. The summed E-state index contributed by atoms with van der Waals surface area (Å²) in [5.41, 5.74) is -0.117. The number of aromatic amines is 1. The molecule has 0 atom stereocenters. The second kappa shape index (κ2) is 5.18. The lowest BCUT2D eigenvalue weighted by atomic mass is 10.2. The van der Waals surface area contributed by atoms with E-state index in [9.17, 15) is 9.18 Å². The largest absolute Gasteiger partial charge is 0.347 e. The predicted molar refractivity (Wildman–Crippen MR) is 65.8 cm³/mol. The molecule has 2 aromatic rings. The second-order valence-corrected chi connectivity index (χ2v) is 4.20. The Labute approximate surface area is 108 Å². The molecule has 1 aromatic carbocycles. The van der Waals surface area contributed by atoms with Crippen molar-refractivity contribution in [2.45, 2.75) is 6.54 Å². The predicted octanol–water partition coefficient (Wildman–Crippen LogP) is 2.47. The van der Waals surface area contributed by atoms with E-state index >= 15 is 0 Å². The Kier molecular flexibility index (Phi) is 3.62. The van der Waals surface area contributed by atoms with Crippen molar-refractivity contribution in [1.29, 1.82) is 0 Å². The number of carbonyl (C=O) groups excluding carboxylic acids is 1. The highest BCUT2D eigenvalue weighted by atomic mass is 35.5. The van der Waals surface area contributed by atoms with Crippen LogP contribution in [0.4, 0.5) is 4.39 Å². The lowest BCUT2D eigenvalue weighted by Crippen LogP contribution is -2.27. The van der Waals surface area contributed by atoms with E-state index in [2.05, 4.69) is 9.97 Å². The fourth-order valence-corrected chi connectivity index (χ4v) is 1.82. The highest BCUT2D eigenvalue weighted by molar-refractivity contribution is 6.33. The molecule has 0 bridgehead atoms. The van der Waals surface area contributed by atoms with Crippen molar-refractivity contribution in [3.05, 3.63) is 52.8 Å². The average Bonchev–Trinajstić information content (AvgIpc) is 2.81. The summed E-state index contributed by atoms with van der Waals surface area (Å²) < 4.78 is 13.6. The molecule has 1 amide bonds. The molecule has 0 spiro atoms. The van der Waals surface area contributed by atoms with Gasteiger partial charge in [-0.3, -0.25) is 4.79 Å². The van der Waals surface area contributed by atoms with Crippen molar-refractivity contribution in [2.24, 2.45) is 0 Å². The number of halogens is 2. The van der Waals surface area contributed by atoms with Crippen molar-refractivity contribution in [3.8, 4) is 0 Å². The van der Waals surface area contributed by atoms with E-state index in [0.29, 0.717) is 5.82 Å². The maximum atomic E-state index is 13.6. The third kappa shape index (κ3) is 2.51. The van der Waals surface area contributed by atoms with Crippen LogP contribution in [0.3, 0.4) is 0 Å². The summed E-state index contributed by atoms with van der Waals surface area (Å²) in [6.07, 6.45) is 3.24. The van der Waals surface area contributed by atoms with Crippen LogP contribution >= 0.6 is 11.6 Å². The summed E-state index contributed by atoms with van der Waals surface area (Å²) >= 11 is 5.84. The van der Waals surface area contributed by atoms with Gasteiger partial charge in [0.2, 0.25) is 0 Å². The number of benzene rings is 1. The number of carbonyl (C=O) groups is 1. The van der Waals surface area contributed by atoms with Gasteiger partial charge in [0.05, 0.1) is 17.1 Å². The fraction of sp³-hybridized carbons (Fsp3) is 0.167.